The van der Waals surface area contributed by atoms with Gasteiger partial charge in [-0.15, -0.1) is 35.3 Å². The first kappa shape index (κ1) is 17.2. The van der Waals surface area contributed by atoms with Crippen molar-refractivity contribution in [1.29, 1.82) is 5.26 Å². The van der Waals surface area contributed by atoms with Crippen molar-refractivity contribution >= 4 is 23.2 Å². The molecule has 1 aliphatic rings. The summed E-state index contributed by atoms with van der Waals surface area (Å²) in [7, 11) is 1.71. The zero-order valence-corrected chi connectivity index (χ0v) is 14.6. The van der Waals surface area contributed by atoms with Gasteiger partial charge in [0.1, 0.15) is 11.8 Å². The van der Waals surface area contributed by atoms with E-state index < -0.39 is 0 Å². The van der Waals surface area contributed by atoms with E-state index >= 15 is 0 Å². The Labute approximate surface area is 148 Å². The number of halogens is 1. The van der Waals surface area contributed by atoms with Crippen LogP contribution in [0.3, 0.4) is 0 Å². The molecule has 1 radical (unpaired) electrons. The number of benzene rings is 1. The third-order valence-corrected chi connectivity index (χ3v) is 3.15. The first-order chi connectivity index (χ1) is 9.13. The molecule has 1 amide bonds. The molecule has 0 bridgehead atoms. The number of hydrogen-bond acceptors (Lipinski definition) is 3. The fraction of sp³-hybridized carbons (Fsp3) is 0.286. The minimum Gasteiger partial charge on any atom is -0.479 e. The second-order valence-corrected chi connectivity index (χ2v) is 4.47. The third kappa shape index (κ3) is 3.82. The monoisotopic (exact) mass is 364 g/mol. The Hall–Kier alpha value is -0.886. The smallest absolute Gasteiger partial charge is 0.222 e. The van der Waals surface area contributed by atoms with Crippen LogP contribution in [-0.2, 0) is 37.5 Å². The number of hydrogen-bond donors (Lipinski definition) is 0. The van der Waals surface area contributed by atoms with Crippen LogP contribution in [0.1, 0.15) is 18.4 Å². The van der Waals surface area contributed by atoms with Crippen LogP contribution in [0.25, 0.3) is 5.70 Å². The first-order valence-electron chi connectivity index (χ1n) is 5.80. The largest absolute Gasteiger partial charge is 0.479 e. The molecule has 0 N–H and O–H groups in total. The molecule has 101 valence electrons. The quantitative estimate of drug-likeness (QED) is 0.775. The maximum absolute atomic E-state index is 11.7. The summed E-state index contributed by atoms with van der Waals surface area (Å²) in [4.78, 5) is 13.2. The van der Waals surface area contributed by atoms with E-state index in [9.17, 15) is 4.79 Å². The second kappa shape index (κ2) is 7.78. The van der Waals surface area contributed by atoms with E-state index in [4.69, 9.17) is 21.6 Å². The standard InChI is InChI=1S/C14H12ClN2O2.Y/c1-17-13(3-2-4-14(17)18)11-6-5-10(9-12(11)15)19-8-7-16;/h5-6,9H,2,4,8H2,1H3;/q-1;. The minimum absolute atomic E-state index is 0. The third-order valence-electron chi connectivity index (χ3n) is 2.84. The molecule has 6 heteroatoms. The maximum Gasteiger partial charge on any atom is 0.222 e. The van der Waals surface area contributed by atoms with Gasteiger partial charge in [-0.2, -0.15) is 5.26 Å². The summed E-state index contributed by atoms with van der Waals surface area (Å²) in [5.41, 5.74) is 1.43. The molecule has 0 unspecified atom stereocenters. The number of ether oxygens (including phenoxy) is 1. The van der Waals surface area contributed by atoms with Crippen LogP contribution in [0.15, 0.2) is 18.2 Å². The molecule has 2 rings (SSSR count). The van der Waals surface area contributed by atoms with Crippen LogP contribution >= 0.6 is 11.6 Å². The molecule has 0 aliphatic carbocycles. The van der Waals surface area contributed by atoms with Crippen LogP contribution < -0.4 is 4.74 Å². The summed E-state index contributed by atoms with van der Waals surface area (Å²) in [5, 5.41) is 8.92. The van der Waals surface area contributed by atoms with Gasteiger partial charge < -0.3 is 9.64 Å². The Morgan fingerprint density at radius 2 is 2.30 bits per heavy atom. The zero-order valence-electron chi connectivity index (χ0n) is 11.0. The van der Waals surface area contributed by atoms with E-state index in [1.165, 1.54) is 0 Å². The van der Waals surface area contributed by atoms with Crippen molar-refractivity contribution in [3.63, 3.8) is 0 Å². The van der Waals surface area contributed by atoms with Crippen LogP contribution in [0.5, 0.6) is 5.75 Å². The molecular weight excluding hydrogens is 353 g/mol. The molecule has 1 aliphatic heterocycles. The van der Waals surface area contributed by atoms with E-state index in [2.05, 4.69) is 6.08 Å². The van der Waals surface area contributed by atoms with Gasteiger partial charge in [0.2, 0.25) is 5.91 Å². The molecule has 20 heavy (non-hydrogen) atoms. The van der Waals surface area contributed by atoms with Crippen LogP contribution in [0.4, 0.5) is 0 Å². The van der Waals surface area contributed by atoms with E-state index in [0.717, 1.165) is 5.56 Å². The summed E-state index contributed by atoms with van der Waals surface area (Å²) < 4.78 is 5.17. The minimum atomic E-state index is -0.0249. The summed E-state index contributed by atoms with van der Waals surface area (Å²) in [6, 6.07) is 7.02. The van der Waals surface area contributed by atoms with Crippen molar-refractivity contribution in [2.45, 2.75) is 12.8 Å². The van der Waals surface area contributed by atoms with Gasteiger partial charge in [-0.05, 0) is 17.2 Å². The molecule has 1 heterocycles. The van der Waals surface area contributed by atoms with Crippen molar-refractivity contribution in [2.24, 2.45) is 0 Å². The van der Waals surface area contributed by atoms with Gasteiger partial charge in [0.25, 0.3) is 0 Å². The number of carbonyl (C=O) groups excluding carboxylic acids is 1. The fourth-order valence-electron chi connectivity index (χ4n) is 1.87. The molecule has 0 spiro atoms. The topological polar surface area (TPSA) is 53.3 Å². The summed E-state index contributed by atoms with van der Waals surface area (Å²) in [6.07, 6.45) is 4.24. The molecule has 0 atom stereocenters. The SMILES string of the molecule is CN1C(=O)CC[C-]=C1c1ccc(OCC#N)cc1Cl.[Y]. The van der Waals surface area contributed by atoms with E-state index in [1.54, 1.807) is 30.1 Å². The van der Waals surface area contributed by atoms with Crippen LogP contribution in [0.2, 0.25) is 5.02 Å². The summed E-state index contributed by atoms with van der Waals surface area (Å²) in [5.74, 6) is 0.579. The van der Waals surface area contributed by atoms with Crippen LogP contribution in [-0.4, -0.2) is 24.5 Å². The molecule has 1 aromatic rings. The Bertz CT molecular complexity index is 581. The number of nitriles is 1. The number of allylic oxidation sites excluding steroid dienone is 1. The molecule has 0 saturated heterocycles. The van der Waals surface area contributed by atoms with Gasteiger partial charge in [0.15, 0.2) is 6.61 Å². The predicted octanol–water partition coefficient (Wildman–Crippen LogP) is 2.64. The van der Waals surface area contributed by atoms with E-state index in [-0.39, 0.29) is 45.2 Å². The van der Waals surface area contributed by atoms with Crippen LogP contribution in [0, 0.1) is 17.4 Å². The second-order valence-electron chi connectivity index (χ2n) is 4.07. The van der Waals surface area contributed by atoms with Crippen molar-refractivity contribution in [3.05, 3.63) is 34.9 Å². The average Bonchev–Trinajstić information content (AvgIpc) is 2.40. The fourth-order valence-corrected chi connectivity index (χ4v) is 2.13. The number of rotatable bonds is 3. The van der Waals surface area contributed by atoms with Gasteiger partial charge in [-0.1, -0.05) is 0 Å². The number of amides is 1. The van der Waals surface area contributed by atoms with Crippen molar-refractivity contribution in [3.8, 4) is 11.8 Å². The van der Waals surface area contributed by atoms with Crippen molar-refractivity contribution in [2.75, 3.05) is 13.7 Å². The first-order valence-corrected chi connectivity index (χ1v) is 6.18. The number of carbonyl (C=O) groups is 1. The Balaban J connectivity index is 0.00000200. The van der Waals surface area contributed by atoms with E-state index in [1.807, 2.05) is 6.07 Å². The van der Waals surface area contributed by atoms with Gasteiger partial charge in [0, 0.05) is 46.2 Å². The summed E-state index contributed by atoms with van der Waals surface area (Å²) in [6.45, 7) is -0.0249. The van der Waals surface area contributed by atoms with Crippen molar-refractivity contribution < 1.29 is 42.2 Å². The number of nitrogens with zero attached hydrogens (tertiary/aromatic N) is 2. The summed E-state index contributed by atoms with van der Waals surface area (Å²) >= 11 is 6.19. The average molecular weight is 365 g/mol. The maximum atomic E-state index is 11.7. The molecule has 0 saturated carbocycles. The molecule has 0 fully saturated rings. The van der Waals surface area contributed by atoms with Gasteiger partial charge in [-0.25, -0.2) is 6.08 Å². The van der Waals surface area contributed by atoms with E-state index in [0.29, 0.717) is 29.3 Å². The van der Waals surface area contributed by atoms with Gasteiger partial charge >= 0.3 is 0 Å². The molecular formula is C14H12ClN2O2Y-. The zero-order chi connectivity index (χ0) is 13.8. The van der Waals surface area contributed by atoms with Gasteiger partial charge in [-0.3, -0.25) is 4.79 Å². The van der Waals surface area contributed by atoms with Gasteiger partial charge in [0.05, 0.1) is 0 Å². The Kier molecular flexibility index (Phi) is 6.68. The normalized spacial score (nSPS) is 14.2. The Morgan fingerprint density at radius 3 is 2.95 bits per heavy atom. The molecule has 0 aromatic heterocycles. The molecule has 4 nitrogen and oxygen atoms in total. The molecule has 1 aromatic carbocycles. The Morgan fingerprint density at radius 1 is 1.55 bits per heavy atom. The predicted molar refractivity (Wildman–Crippen MR) is 71.2 cm³/mol. The van der Waals surface area contributed by atoms with Crippen molar-refractivity contribution in [1.82, 2.24) is 4.90 Å².